The number of carbonyl (C=O) groups excluding carboxylic acids is 1. The number of rotatable bonds is 3. The van der Waals surface area contributed by atoms with E-state index >= 15 is 0 Å². The van der Waals surface area contributed by atoms with Crippen molar-refractivity contribution in [2.45, 2.75) is 25.8 Å². The molecule has 4 heterocycles. The molecule has 1 aromatic carbocycles. The fraction of sp³-hybridized carbons (Fsp3) is 0.391. The molecule has 0 radical (unpaired) electrons. The predicted octanol–water partition coefficient (Wildman–Crippen LogP) is 2.89. The number of nitrogens with one attached hydrogen (secondary N) is 2. The number of aryl methyl sites for hydroxylation is 1. The van der Waals surface area contributed by atoms with Crippen LogP contribution in [-0.4, -0.2) is 49.7 Å². The minimum Gasteiger partial charge on any atom is -0.491 e. The summed E-state index contributed by atoms with van der Waals surface area (Å²) in [5, 5.41) is 7.35. The summed E-state index contributed by atoms with van der Waals surface area (Å²) in [5.41, 5.74) is 9.98. The van der Waals surface area contributed by atoms with Gasteiger partial charge < -0.3 is 26.0 Å². The van der Waals surface area contributed by atoms with Crippen molar-refractivity contribution in [3.63, 3.8) is 0 Å². The maximum atomic E-state index is 13.0. The Morgan fingerprint density at radius 1 is 1.29 bits per heavy atom. The van der Waals surface area contributed by atoms with Gasteiger partial charge in [-0.25, -0.2) is 4.98 Å². The Bertz CT molecular complexity index is 1140. The summed E-state index contributed by atoms with van der Waals surface area (Å²) in [4.78, 5) is 21.2. The summed E-state index contributed by atoms with van der Waals surface area (Å²) in [6, 6.07) is 10.1. The number of ether oxygens (including phenoxy) is 1. The number of hydrogen-bond donors (Lipinski definition) is 3. The second-order valence-corrected chi connectivity index (χ2v) is 9.29. The summed E-state index contributed by atoms with van der Waals surface area (Å²) in [6.45, 7) is 8.50. The number of carbonyl (C=O) groups is 1. The largest absolute Gasteiger partial charge is 0.491 e. The molecule has 31 heavy (non-hydrogen) atoms. The number of nitrogens with zero attached hydrogens (tertiary/aromatic N) is 2. The molecule has 0 bridgehead atoms. The lowest BCUT2D eigenvalue weighted by Gasteiger charge is -2.34. The number of benzene rings is 1. The van der Waals surface area contributed by atoms with Gasteiger partial charge in [-0.3, -0.25) is 4.79 Å². The minimum atomic E-state index is -0.167. The molecular formula is C23H27N5O2S. The van der Waals surface area contributed by atoms with Gasteiger partial charge in [0, 0.05) is 54.9 Å². The first-order valence-electron chi connectivity index (χ1n) is 10.7. The Hall–Kier alpha value is -2.84. The van der Waals surface area contributed by atoms with Crippen LogP contribution in [0.15, 0.2) is 30.3 Å². The molecule has 8 heteroatoms. The number of nitrogens with two attached hydrogens (primary N) is 1. The van der Waals surface area contributed by atoms with Crippen LogP contribution in [0.4, 0.5) is 11.4 Å². The van der Waals surface area contributed by atoms with Gasteiger partial charge in [0.2, 0.25) is 0 Å². The Morgan fingerprint density at radius 2 is 2.10 bits per heavy atom. The van der Waals surface area contributed by atoms with E-state index in [1.54, 1.807) is 0 Å². The van der Waals surface area contributed by atoms with Gasteiger partial charge in [-0.15, -0.1) is 11.3 Å². The first kappa shape index (κ1) is 20.1. The molecule has 0 saturated carbocycles. The van der Waals surface area contributed by atoms with Crippen molar-refractivity contribution in [1.82, 2.24) is 15.6 Å². The normalized spacial score (nSPS) is 20.9. The van der Waals surface area contributed by atoms with E-state index in [4.69, 9.17) is 10.5 Å². The number of hydrogen-bond acceptors (Lipinski definition) is 7. The van der Waals surface area contributed by atoms with E-state index in [9.17, 15) is 4.79 Å². The molecule has 3 aromatic rings. The quantitative estimate of drug-likeness (QED) is 0.584. The molecule has 2 aromatic heterocycles. The first-order chi connectivity index (χ1) is 15.0. The second kappa shape index (κ2) is 8.01. The van der Waals surface area contributed by atoms with Crippen LogP contribution in [-0.2, 0) is 0 Å². The zero-order valence-corrected chi connectivity index (χ0v) is 18.6. The summed E-state index contributed by atoms with van der Waals surface area (Å²) in [6.07, 6.45) is 0. The number of anilines is 2. The monoisotopic (exact) mass is 437 g/mol. The van der Waals surface area contributed by atoms with Gasteiger partial charge >= 0.3 is 0 Å². The Labute approximate surface area is 185 Å². The molecule has 0 unspecified atom stereocenters. The van der Waals surface area contributed by atoms with Crippen molar-refractivity contribution in [2.75, 3.05) is 43.4 Å². The lowest BCUT2D eigenvalue weighted by Crippen LogP contribution is -2.45. The van der Waals surface area contributed by atoms with Crippen molar-refractivity contribution < 1.29 is 9.53 Å². The Balaban J connectivity index is 1.34. The van der Waals surface area contributed by atoms with Gasteiger partial charge in [-0.05, 0) is 30.7 Å². The number of pyridine rings is 1. The molecule has 162 valence electrons. The number of piperazine rings is 1. The summed E-state index contributed by atoms with van der Waals surface area (Å²) < 4.78 is 6.08. The predicted molar refractivity (Wildman–Crippen MR) is 125 cm³/mol. The highest BCUT2D eigenvalue weighted by Gasteiger charge is 2.31. The highest BCUT2D eigenvalue weighted by atomic mass is 32.1. The lowest BCUT2D eigenvalue weighted by atomic mass is 9.90. The zero-order chi connectivity index (χ0) is 21.5. The number of aromatic nitrogens is 1. The smallest absolute Gasteiger partial charge is 0.263 e. The number of nitrogen functional groups attached to an aromatic ring is 1. The van der Waals surface area contributed by atoms with Crippen LogP contribution in [0.1, 0.15) is 33.8 Å². The average Bonchev–Trinajstić information content (AvgIpc) is 3.11. The topological polar surface area (TPSA) is 92.5 Å². The van der Waals surface area contributed by atoms with E-state index in [1.807, 2.05) is 19.1 Å². The molecular weight excluding hydrogens is 410 g/mol. The molecule has 2 aliphatic heterocycles. The van der Waals surface area contributed by atoms with Crippen molar-refractivity contribution >= 4 is 38.8 Å². The lowest BCUT2D eigenvalue weighted by molar-refractivity contribution is 0.0909. The average molecular weight is 438 g/mol. The number of fused-ring (bicyclic) bond motifs is 2. The van der Waals surface area contributed by atoms with Crippen LogP contribution in [0, 0.1) is 6.92 Å². The fourth-order valence-electron chi connectivity index (χ4n) is 4.34. The van der Waals surface area contributed by atoms with Crippen molar-refractivity contribution in [3.8, 4) is 5.75 Å². The molecule has 0 spiro atoms. The van der Waals surface area contributed by atoms with Crippen LogP contribution < -0.4 is 26.0 Å². The molecule has 2 aliphatic rings. The van der Waals surface area contributed by atoms with Crippen LogP contribution in [0.25, 0.3) is 10.2 Å². The van der Waals surface area contributed by atoms with Crippen molar-refractivity contribution in [2.24, 2.45) is 0 Å². The van der Waals surface area contributed by atoms with Gasteiger partial charge in [0.05, 0.1) is 11.7 Å². The Kier molecular flexibility index (Phi) is 5.19. The van der Waals surface area contributed by atoms with E-state index in [0.29, 0.717) is 17.2 Å². The second-order valence-electron chi connectivity index (χ2n) is 8.29. The molecule has 2 atom stereocenters. The number of amides is 1. The third kappa shape index (κ3) is 3.70. The first-order valence-corrected chi connectivity index (χ1v) is 11.5. The highest BCUT2D eigenvalue weighted by Crippen LogP contribution is 2.37. The van der Waals surface area contributed by atoms with Gasteiger partial charge in [-0.1, -0.05) is 13.0 Å². The third-order valence-electron chi connectivity index (χ3n) is 6.25. The van der Waals surface area contributed by atoms with Crippen LogP contribution in [0.5, 0.6) is 5.75 Å². The van der Waals surface area contributed by atoms with E-state index in [2.05, 4.69) is 45.6 Å². The van der Waals surface area contributed by atoms with Crippen LogP contribution in [0.2, 0.25) is 0 Å². The van der Waals surface area contributed by atoms with Gasteiger partial charge in [0.25, 0.3) is 5.91 Å². The van der Waals surface area contributed by atoms with Crippen molar-refractivity contribution in [3.05, 3.63) is 46.5 Å². The number of thiophene rings is 1. The highest BCUT2D eigenvalue weighted by molar-refractivity contribution is 7.21. The standard InChI is InChI=1S/C23H27N5O2S/c1-13-3-5-17-20(24)21(31-23(17)26-13)22(29)27-18-12-30-19-11-15(4-6-16(19)14(18)2)28-9-7-25-8-10-28/h3-6,11,14,18,25H,7-10,12,24H2,1-2H3,(H,27,29)/t14-,18+/m1/s1. The summed E-state index contributed by atoms with van der Waals surface area (Å²) >= 11 is 1.34. The van der Waals surface area contributed by atoms with Crippen LogP contribution >= 0.6 is 11.3 Å². The third-order valence-corrected chi connectivity index (χ3v) is 7.36. The summed E-state index contributed by atoms with van der Waals surface area (Å²) in [7, 11) is 0. The van der Waals surface area contributed by atoms with E-state index < -0.39 is 0 Å². The molecule has 0 aliphatic carbocycles. The fourth-order valence-corrected chi connectivity index (χ4v) is 5.39. The maximum Gasteiger partial charge on any atom is 0.263 e. The van der Waals surface area contributed by atoms with E-state index in [0.717, 1.165) is 53.4 Å². The van der Waals surface area contributed by atoms with Crippen molar-refractivity contribution in [1.29, 1.82) is 0 Å². The van der Waals surface area contributed by atoms with Gasteiger partial charge in [-0.2, -0.15) is 0 Å². The molecule has 4 N–H and O–H groups in total. The van der Waals surface area contributed by atoms with E-state index in [-0.39, 0.29) is 17.9 Å². The molecule has 1 fully saturated rings. The Morgan fingerprint density at radius 3 is 2.90 bits per heavy atom. The SMILES string of the molecule is Cc1ccc2c(N)c(C(=O)N[C@H]3COc4cc(N5CCNCC5)ccc4[C@H]3C)sc2n1. The zero-order valence-electron chi connectivity index (χ0n) is 17.8. The summed E-state index contributed by atoms with van der Waals surface area (Å²) in [5.74, 6) is 0.885. The minimum absolute atomic E-state index is 0.121. The van der Waals surface area contributed by atoms with Gasteiger partial charge in [0.1, 0.15) is 22.1 Å². The molecule has 1 saturated heterocycles. The molecule has 7 nitrogen and oxygen atoms in total. The van der Waals surface area contributed by atoms with Crippen LogP contribution in [0.3, 0.4) is 0 Å². The molecule has 5 rings (SSSR count). The van der Waals surface area contributed by atoms with Gasteiger partial charge in [0.15, 0.2) is 0 Å². The van der Waals surface area contributed by atoms with E-state index in [1.165, 1.54) is 17.0 Å². The maximum absolute atomic E-state index is 13.0. The molecule has 1 amide bonds.